The van der Waals surface area contributed by atoms with Gasteiger partial charge in [0.15, 0.2) is 17.3 Å². The maximum Gasteiger partial charge on any atom is 0.350 e. The minimum absolute atomic E-state index is 0.00907. The molecule has 4 heterocycles. The maximum atomic E-state index is 15.3. The molecule has 2 aliphatic carbocycles. The molecule has 2 saturated heterocycles. The highest BCUT2D eigenvalue weighted by Gasteiger charge is 2.36. The molecule has 61 heavy (non-hydrogen) atoms. The molecule has 330 valence electrons. The number of nitrogens with two attached hydrogens (primary N) is 6. The van der Waals surface area contributed by atoms with Crippen LogP contribution in [0, 0.1) is 17.7 Å². The summed E-state index contributed by atoms with van der Waals surface area (Å²) in [5, 5.41) is 5.38. The lowest BCUT2D eigenvalue weighted by Gasteiger charge is -2.25. The van der Waals surface area contributed by atoms with Crippen LogP contribution in [0.2, 0.25) is 0 Å². The number of rotatable bonds is 12. The molecule has 0 spiro atoms. The highest BCUT2D eigenvalue weighted by atomic mass is 19.1. The fourth-order valence-electron chi connectivity index (χ4n) is 8.58. The largest absolute Gasteiger partial charge is 0.492 e. The van der Waals surface area contributed by atoms with Gasteiger partial charge in [-0.15, -0.1) is 0 Å². The zero-order valence-electron chi connectivity index (χ0n) is 34.0. The molecular weight excluding hydrogens is 800 g/mol. The molecule has 2 aliphatic heterocycles. The number of anilines is 2. The molecule has 2 saturated carbocycles. The summed E-state index contributed by atoms with van der Waals surface area (Å²) in [6.07, 6.45) is 4.74. The molecule has 2 aromatic heterocycles. The number of amides is 4. The summed E-state index contributed by atoms with van der Waals surface area (Å²) >= 11 is 0. The van der Waals surface area contributed by atoms with Crippen molar-refractivity contribution >= 4 is 45.2 Å². The molecule has 23 heteroatoms. The Balaban J connectivity index is 0.000000184. The van der Waals surface area contributed by atoms with Crippen LogP contribution in [0.1, 0.15) is 50.6 Å². The summed E-state index contributed by atoms with van der Waals surface area (Å²) in [7, 11) is 2.91. The molecule has 8 rings (SSSR count). The van der Waals surface area contributed by atoms with Gasteiger partial charge >= 0.3 is 23.4 Å². The van der Waals surface area contributed by atoms with Crippen LogP contribution >= 0.6 is 0 Å². The number of hydrogen-bond acceptors (Lipinski definition) is 14. The highest BCUT2D eigenvalue weighted by molar-refractivity contribution is 5.92. The van der Waals surface area contributed by atoms with Crippen molar-refractivity contribution in [1.82, 2.24) is 29.1 Å². The topological polar surface area (TPSA) is 327 Å². The van der Waals surface area contributed by atoms with Crippen LogP contribution in [0.25, 0.3) is 21.8 Å². The number of nitrogens with one attached hydrogen (secondary N) is 2. The van der Waals surface area contributed by atoms with Crippen LogP contribution in [-0.4, -0.2) is 96.1 Å². The first-order valence-corrected chi connectivity index (χ1v) is 20.1. The predicted molar refractivity (Wildman–Crippen MR) is 227 cm³/mol. The third-order valence-electron chi connectivity index (χ3n) is 12.1. The first-order chi connectivity index (χ1) is 29.1. The number of methoxy groups -OCH3 is 2. The summed E-state index contributed by atoms with van der Waals surface area (Å²) in [5.74, 6) is 11.5. The normalized spacial score (nSPS) is 19.7. The lowest BCUT2D eigenvalue weighted by Crippen LogP contribution is -2.45. The van der Waals surface area contributed by atoms with Gasteiger partial charge in [-0.25, -0.2) is 23.6 Å². The zero-order chi connectivity index (χ0) is 44.0. The second-order valence-electron chi connectivity index (χ2n) is 16.1. The minimum atomic E-state index is -0.778. The number of carbonyl (C=O) groups is 2. The molecular formula is C38H53FN14O8. The lowest BCUT2D eigenvalue weighted by molar-refractivity contribution is 0.246. The molecule has 22 nitrogen and oxygen atoms in total. The van der Waals surface area contributed by atoms with E-state index in [-0.39, 0.29) is 64.9 Å². The van der Waals surface area contributed by atoms with Gasteiger partial charge in [-0.2, -0.15) is 9.35 Å². The monoisotopic (exact) mass is 852 g/mol. The second-order valence-corrected chi connectivity index (χ2v) is 16.1. The number of aromatic nitrogens is 4. The van der Waals surface area contributed by atoms with Crippen LogP contribution < -0.4 is 87.0 Å². The summed E-state index contributed by atoms with van der Waals surface area (Å²) in [6.45, 7) is 2.82. The maximum absolute atomic E-state index is 15.3. The van der Waals surface area contributed by atoms with Crippen molar-refractivity contribution in [3.05, 3.63) is 65.7 Å². The van der Waals surface area contributed by atoms with E-state index < -0.39 is 40.4 Å². The quantitative estimate of drug-likeness (QED) is 0.0732. The van der Waals surface area contributed by atoms with Gasteiger partial charge in [0, 0.05) is 63.4 Å². The number of halogens is 1. The van der Waals surface area contributed by atoms with Gasteiger partial charge in [0.1, 0.15) is 16.7 Å². The summed E-state index contributed by atoms with van der Waals surface area (Å²) < 4.78 is 30.7. The Labute approximate surface area is 347 Å². The zero-order valence-corrected chi connectivity index (χ0v) is 34.0. The van der Waals surface area contributed by atoms with Crippen molar-refractivity contribution in [2.24, 2.45) is 34.8 Å². The Hall–Kier alpha value is -6.49. The SMILES string of the molecule is COc1c(N2CCC(C(N)CNC(N)=O)C2)c(F)cc2c(=O)n(N)c(=O)n(C3CC3)c12.COc1c(N2CCC(C(N)CNC(N)=O)C2)ccc2c(=O)n(N)c(=O)n(C3CC3)c12. The third-order valence-corrected chi connectivity index (χ3v) is 12.1. The standard InChI is InChI=1S/C19H26FN7O4.C19H27N7O4/c1-31-16-14-11(17(28)27(23)19(30)26(14)10-2-3-10)6-12(20)15(16)25-5-4-9(8-25)13(21)7-24-18(22)29;1-30-16-14(24-7-6-10(9-24)13(20)8-23-18(21)28)5-4-12-15(16)25(11-2-3-11)19(29)26(22)17(12)27/h6,9-10,13H,2-5,7-8,21,23H2,1H3,(H3,22,24,29);4-5,10-11,13H,2-3,6-9,20,22H2,1H3,(H3,21,23,28). The summed E-state index contributed by atoms with van der Waals surface area (Å²) in [6, 6.07) is 2.68. The highest BCUT2D eigenvalue weighted by Crippen LogP contribution is 2.44. The number of hydrogen-bond donors (Lipinski definition) is 8. The average Bonchev–Trinajstić information content (AvgIpc) is 4.16. The molecule has 4 amide bonds. The Morgan fingerprint density at radius 1 is 0.721 bits per heavy atom. The van der Waals surface area contributed by atoms with Gasteiger partial charge in [-0.05, 0) is 68.6 Å². The van der Waals surface area contributed by atoms with Crippen molar-refractivity contribution in [2.75, 3.05) is 75.0 Å². The lowest BCUT2D eigenvalue weighted by atomic mass is 10.00. The second kappa shape index (κ2) is 16.9. The van der Waals surface area contributed by atoms with E-state index in [0.717, 1.165) is 50.4 Å². The van der Waals surface area contributed by atoms with Crippen molar-refractivity contribution in [3.8, 4) is 11.5 Å². The number of carbonyl (C=O) groups excluding carboxylic acids is 2. The summed E-state index contributed by atoms with van der Waals surface area (Å²) in [5.41, 5.74) is 21.8. The number of primary amides is 2. The number of ether oxygens (including phenoxy) is 2. The van der Waals surface area contributed by atoms with Gasteiger partial charge < -0.3 is 64.5 Å². The van der Waals surface area contributed by atoms with Crippen LogP contribution in [-0.2, 0) is 0 Å². The van der Waals surface area contributed by atoms with Crippen molar-refractivity contribution in [3.63, 3.8) is 0 Å². The van der Waals surface area contributed by atoms with E-state index in [0.29, 0.717) is 58.6 Å². The molecule has 4 aliphatic rings. The Bertz CT molecular complexity index is 2620. The van der Waals surface area contributed by atoms with Crippen LogP contribution in [0.4, 0.5) is 25.4 Å². The van der Waals surface area contributed by atoms with E-state index >= 15 is 4.39 Å². The minimum Gasteiger partial charge on any atom is -0.492 e. The fourth-order valence-corrected chi connectivity index (χ4v) is 8.58. The van der Waals surface area contributed by atoms with Crippen LogP contribution in [0.15, 0.2) is 37.4 Å². The third kappa shape index (κ3) is 8.09. The first-order valence-electron chi connectivity index (χ1n) is 20.1. The van der Waals surface area contributed by atoms with Crippen LogP contribution in [0.3, 0.4) is 0 Å². The molecule has 4 unspecified atom stereocenters. The molecule has 0 bridgehead atoms. The van der Waals surface area contributed by atoms with E-state index in [1.54, 1.807) is 15.5 Å². The molecule has 4 aromatic rings. The van der Waals surface area contributed by atoms with Crippen molar-refractivity contribution in [1.29, 1.82) is 0 Å². The van der Waals surface area contributed by atoms with E-state index in [1.807, 2.05) is 6.07 Å². The number of nitrogens with zero attached hydrogens (tertiary/aromatic N) is 6. The number of urea groups is 2. The molecule has 4 fully saturated rings. The Morgan fingerprint density at radius 2 is 1.18 bits per heavy atom. The van der Waals surface area contributed by atoms with E-state index in [4.69, 9.17) is 44.1 Å². The number of fused-ring (bicyclic) bond motifs is 2. The fraction of sp³-hybridized carbons (Fsp3) is 0.526. The Morgan fingerprint density at radius 3 is 1.66 bits per heavy atom. The molecule has 0 radical (unpaired) electrons. The van der Waals surface area contributed by atoms with Gasteiger partial charge in [0.2, 0.25) is 0 Å². The number of benzene rings is 2. The van der Waals surface area contributed by atoms with Gasteiger partial charge in [0.05, 0.1) is 30.7 Å². The molecule has 4 atom stereocenters. The van der Waals surface area contributed by atoms with Gasteiger partial charge in [-0.3, -0.25) is 18.7 Å². The van der Waals surface area contributed by atoms with Crippen LogP contribution in [0.5, 0.6) is 11.5 Å². The first kappa shape index (κ1) is 42.6. The van der Waals surface area contributed by atoms with E-state index in [1.165, 1.54) is 18.8 Å². The smallest absolute Gasteiger partial charge is 0.350 e. The predicted octanol–water partition coefficient (Wildman–Crippen LogP) is -1.78. The van der Waals surface area contributed by atoms with Gasteiger partial charge in [0.25, 0.3) is 11.1 Å². The van der Waals surface area contributed by atoms with E-state index in [2.05, 4.69) is 15.5 Å². The van der Waals surface area contributed by atoms with Crippen molar-refractivity contribution in [2.45, 2.75) is 62.7 Å². The number of nitrogen functional groups attached to an aromatic ring is 2. The summed E-state index contributed by atoms with van der Waals surface area (Å²) in [4.78, 5) is 76.4. The van der Waals surface area contributed by atoms with Gasteiger partial charge in [-0.1, -0.05) is 0 Å². The molecule has 14 N–H and O–H groups in total. The van der Waals surface area contributed by atoms with Crippen molar-refractivity contribution < 1.29 is 23.5 Å². The Kier molecular flexibility index (Phi) is 11.8. The average molecular weight is 853 g/mol. The van der Waals surface area contributed by atoms with E-state index in [9.17, 15) is 28.8 Å². The molecule has 2 aromatic carbocycles.